The maximum absolute atomic E-state index is 11.9. The maximum atomic E-state index is 11.9. The molecule has 0 aromatic heterocycles. The lowest BCUT2D eigenvalue weighted by atomic mass is 10.1. The highest BCUT2D eigenvalue weighted by molar-refractivity contribution is 6.17. The van der Waals surface area contributed by atoms with Crippen molar-refractivity contribution in [3.63, 3.8) is 0 Å². The molecule has 0 N–H and O–H groups in total. The molecule has 1 aromatic rings. The van der Waals surface area contributed by atoms with Crippen molar-refractivity contribution in [2.24, 2.45) is 0 Å². The summed E-state index contributed by atoms with van der Waals surface area (Å²) in [6, 6.07) is 7.93. The first kappa shape index (κ1) is 21.0. The van der Waals surface area contributed by atoms with Gasteiger partial charge in [0.15, 0.2) is 0 Å². The van der Waals surface area contributed by atoms with Gasteiger partial charge in [0.2, 0.25) is 5.91 Å². The molecule has 0 radical (unpaired) electrons. The highest BCUT2D eigenvalue weighted by atomic mass is 35.5. The lowest BCUT2D eigenvalue weighted by Gasteiger charge is -2.19. The van der Waals surface area contributed by atoms with Gasteiger partial charge in [0, 0.05) is 32.3 Å². The summed E-state index contributed by atoms with van der Waals surface area (Å²) >= 11 is 5.79. The fourth-order valence-electron chi connectivity index (χ4n) is 2.26. The highest BCUT2D eigenvalue weighted by Crippen LogP contribution is 2.11. The van der Waals surface area contributed by atoms with E-state index in [0.29, 0.717) is 31.8 Å². The topological polar surface area (TPSA) is 46.6 Å². The number of benzene rings is 1. The Morgan fingerprint density at radius 2 is 1.80 bits per heavy atom. The Morgan fingerprint density at radius 3 is 2.32 bits per heavy atom. The molecule has 0 saturated heterocycles. The van der Waals surface area contributed by atoms with Crippen LogP contribution in [0.5, 0.6) is 0 Å². The summed E-state index contributed by atoms with van der Waals surface area (Å²) in [6.07, 6.45) is 6.84. The van der Waals surface area contributed by atoms with Gasteiger partial charge in [-0.05, 0) is 24.5 Å². The number of amides is 1. The zero-order valence-corrected chi connectivity index (χ0v) is 15.9. The molecule has 1 aromatic carbocycles. The largest absolute Gasteiger partial charge is 0.469 e. The van der Waals surface area contributed by atoms with Crippen LogP contribution >= 0.6 is 11.6 Å². The monoisotopic (exact) mass is 363 g/mol. The molecule has 5 heteroatoms. The fourth-order valence-corrected chi connectivity index (χ4v) is 2.44. The number of ether oxygens (including phenoxy) is 1. The third kappa shape index (κ3) is 8.03. The van der Waals surface area contributed by atoms with Gasteiger partial charge in [-0.1, -0.05) is 48.1 Å². The smallest absolute Gasteiger partial charge is 0.305 e. The van der Waals surface area contributed by atoms with Crippen molar-refractivity contribution < 1.29 is 14.3 Å². The molecule has 4 nitrogen and oxygen atoms in total. The van der Waals surface area contributed by atoms with Gasteiger partial charge in [-0.3, -0.25) is 9.59 Å². The number of carbonyl (C=O) groups is 2. The Bertz CT molecular complexity index is 620. The Labute approximate surface area is 155 Å². The molecule has 1 rings (SSSR count). The predicted molar refractivity (Wildman–Crippen MR) is 101 cm³/mol. The highest BCUT2D eigenvalue weighted by Gasteiger charge is 2.08. The van der Waals surface area contributed by atoms with E-state index in [9.17, 15) is 9.59 Å². The molecule has 0 atom stereocenters. The predicted octanol–water partition coefficient (Wildman–Crippen LogP) is 4.23. The number of methoxy groups -OCH3 is 1. The second kappa shape index (κ2) is 11.5. The van der Waals surface area contributed by atoms with Crippen molar-refractivity contribution in [1.82, 2.24) is 4.90 Å². The van der Waals surface area contributed by atoms with Crippen LogP contribution in [0.3, 0.4) is 0 Å². The average Bonchev–Trinajstić information content (AvgIpc) is 2.63. The number of esters is 1. The Hall–Kier alpha value is -2.07. The molecule has 0 heterocycles. The van der Waals surface area contributed by atoms with E-state index in [-0.39, 0.29) is 11.9 Å². The van der Waals surface area contributed by atoms with E-state index >= 15 is 0 Å². The number of alkyl halides is 1. The molecule has 0 unspecified atom stereocenters. The minimum atomic E-state index is -0.224. The maximum Gasteiger partial charge on any atom is 0.305 e. The van der Waals surface area contributed by atoms with Gasteiger partial charge in [-0.15, -0.1) is 11.6 Å². The molecule has 136 valence electrons. The molecule has 0 aliphatic carbocycles. The second-order valence-corrected chi connectivity index (χ2v) is 5.96. The van der Waals surface area contributed by atoms with Crippen LogP contribution in [-0.2, 0) is 26.8 Å². The van der Waals surface area contributed by atoms with E-state index in [4.69, 9.17) is 11.6 Å². The first-order valence-electron chi connectivity index (χ1n) is 8.28. The lowest BCUT2D eigenvalue weighted by molar-refractivity contribution is -0.140. The van der Waals surface area contributed by atoms with Crippen LogP contribution in [0.25, 0.3) is 0 Å². The minimum Gasteiger partial charge on any atom is -0.469 e. The van der Waals surface area contributed by atoms with Crippen molar-refractivity contribution in [3.8, 4) is 0 Å². The summed E-state index contributed by atoms with van der Waals surface area (Å²) in [5, 5.41) is 0. The first-order chi connectivity index (χ1) is 12.0. The number of rotatable bonds is 9. The average molecular weight is 364 g/mol. The van der Waals surface area contributed by atoms with E-state index in [1.54, 1.807) is 11.8 Å². The fraction of sp³-hybridized carbons (Fsp3) is 0.400. The molecule has 25 heavy (non-hydrogen) atoms. The van der Waals surface area contributed by atoms with Crippen LogP contribution in [-0.4, -0.2) is 30.4 Å². The third-order valence-corrected chi connectivity index (χ3v) is 4.18. The van der Waals surface area contributed by atoms with Gasteiger partial charge in [0.1, 0.15) is 0 Å². The summed E-state index contributed by atoms with van der Waals surface area (Å²) in [7, 11) is 1.39. The van der Waals surface area contributed by atoms with Gasteiger partial charge in [0.05, 0.1) is 7.11 Å². The van der Waals surface area contributed by atoms with E-state index in [1.165, 1.54) is 7.11 Å². The lowest BCUT2D eigenvalue weighted by Crippen LogP contribution is -2.28. The molecular weight excluding hydrogens is 338 g/mol. The zero-order chi connectivity index (χ0) is 18.7. The Balaban J connectivity index is 2.61. The quantitative estimate of drug-likeness (QED) is 0.374. The Morgan fingerprint density at radius 1 is 1.16 bits per heavy atom. The number of hydrogen-bond acceptors (Lipinski definition) is 3. The third-order valence-electron chi connectivity index (χ3n) is 3.87. The van der Waals surface area contributed by atoms with E-state index < -0.39 is 0 Å². The molecular formula is C20H26ClNO3. The van der Waals surface area contributed by atoms with Crippen molar-refractivity contribution in [1.29, 1.82) is 0 Å². The number of allylic oxidation sites excluding steroid dienone is 3. The first-order valence-corrected chi connectivity index (χ1v) is 8.81. The van der Waals surface area contributed by atoms with Gasteiger partial charge in [-0.25, -0.2) is 0 Å². The van der Waals surface area contributed by atoms with Crippen molar-refractivity contribution in [3.05, 3.63) is 59.2 Å². The molecule has 0 spiro atoms. The normalized spacial score (nSPS) is 11.6. The van der Waals surface area contributed by atoms with Crippen molar-refractivity contribution >= 4 is 23.5 Å². The summed E-state index contributed by atoms with van der Waals surface area (Å²) in [4.78, 5) is 24.8. The number of hydrogen-bond donors (Lipinski definition) is 0. The number of halogens is 1. The van der Waals surface area contributed by atoms with Gasteiger partial charge in [-0.2, -0.15) is 0 Å². The van der Waals surface area contributed by atoms with Crippen molar-refractivity contribution in [2.75, 3.05) is 13.7 Å². The van der Waals surface area contributed by atoms with Crippen LogP contribution in [0, 0.1) is 0 Å². The second-order valence-electron chi connectivity index (χ2n) is 5.69. The molecule has 0 aliphatic heterocycles. The van der Waals surface area contributed by atoms with Crippen LogP contribution in [0.15, 0.2) is 48.1 Å². The Kier molecular flexibility index (Phi) is 9.63. The minimum absolute atomic E-state index is 0.0164. The standard InChI is InChI=1S/C20H26ClNO3/c1-4-17(11-12-20(24)25-3)6-5-13-22(16(2)23)15-19-9-7-18(14-21)8-10-19/h4-10H,11-15H2,1-3H3/b6-5-,17-4+. The van der Waals surface area contributed by atoms with E-state index in [2.05, 4.69) is 4.74 Å². The molecule has 0 bridgehead atoms. The molecule has 0 fully saturated rings. The van der Waals surface area contributed by atoms with E-state index in [1.807, 2.05) is 49.4 Å². The summed E-state index contributed by atoms with van der Waals surface area (Å²) in [5.74, 6) is 0.276. The molecule has 1 amide bonds. The van der Waals surface area contributed by atoms with Gasteiger partial charge < -0.3 is 9.64 Å². The van der Waals surface area contributed by atoms with Crippen LogP contribution in [0.2, 0.25) is 0 Å². The zero-order valence-electron chi connectivity index (χ0n) is 15.1. The van der Waals surface area contributed by atoms with Gasteiger partial charge in [0.25, 0.3) is 0 Å². The van der Waals surface area contributed by atoms with Crippen molar-refractivity contribution in [2.45, 2.75) is 39.1 Å². The van der Waals surface area contributed by atoms with Gasteiger partial charge >= 0.3 is 5.97 Å². The summed E-state index contributed by atoms with van der Waals surface area (Å²) in [6.45, 7) is 4.56. The van der Waals surface area contributed by atoms with E-state index in [0.717, 1.165) is 16.7 Å². The molecule has 0 saturated carbocycles. The van der Waals surface area contributed by atoms with Crippen LogP contribution in [0.1, 0.15) is 37.8 Å². The summed E-state index contributed by atoms with van der Waals surface area (Å²) in [5.41, 5.74) is 3.16. The molecule has 0 aliphatic rings. The number of nitrogens with zero attached hydrogens (tertiary/aromatic N) is 1. The summed E-state index contributed by atoms with van der Waals surface area (Å²) < 4.78 is 4.65. The van der Waals surface area contributed by atoms with Crippen LogP contribution in [0.4, 0.5) is 0 Å². The van der Waals surface area contributed by atoms with Crippen LogP contribution < -0.4 is 0 Å². The number of carbonyl (C=O) groups excluding carboxylic acids is 2. The SMILES string of the molecule is C/C=C(\C=C/CN(Cc1ccc(CCl)cc1)C(C)=O)CCC(=O)OC.